The van der Waals surface area contributed by atoms with Crippen molar-refractivity contribution >= 4 is 11.9 Å². The van der Waals surface area contributed by atoms with E-state index in [0.29, 0.717) is 12.5 Å². The number of esters is 1. The van der Waals surface area contributed by atoms with Crippen LogP contribution >= 0.6 is 0 Å². The van der Waals surface area contributed by atoms with E-state index in [1.54, 1.807) is 0 Å². The molecule has 2 atom stereocenters. The minimum Gasteiger partial charge on any atom is -0.466 e. The zero-order valence-corrected chi connectivity index (χ0v) is 17.1. The van der Waals surface area contributed by atoms with Crippen molar-refractivity contribution in [3.05, 3.63) is 35.9 Å². The average Bonchev–Trinajstić information content (AvgIpc) is 3.35. The molecule has 0 radical (unpaired) electrons. The van der Waals surface area contributed by atoms with Gasteiger partial charge in [0, 0.05) is 25.0 Å². The van der Waals surface area contributed by atoms with Gasteiger partial charge in [0.1, 0.15) is 0 Å². The van der Waals surface area contributed by atoms with Crippen LogP contribution in [0, 0.1) is 11.8 Å². The van der Waals surface area contributed by atoms with Crippen LogP contribution in [0.1, 0.15) is 57.4 Å². The summed E-state index contributed by atoms with van der Waals surface area (Å²) in [5.74, 6) is 0.622. The van der Waals surface area contributed by atoms with Crippen molar-refractivity contribution in [1.82, 2.24) is 10.2 Å². The number of carbonyl (C=O) groups is 2. The molecule has 1 saturated carbocycles. The molecule has 0 unspecified atom stereocenters. The number of ether oxygens (including phenoxy) is 1. The van der Waals surface area contributed by atoms with E-state index in [1.165, 1.54) is 5.56 Å². The second-order valence-electron chi connectivity index (χ2n) is 8.48. The third-order valence-corrected chi connectivity index (χ3v) is 6.00. The number of carbonyl (C=O) groups excluding carboxylic acids is 2. The normalized spacial score (nSPS) is 21.5. The summed E-state index contributed by atoms with van der Waals surface area (Å²) in [7, 11) is 0. The van der Waals surface area contributed by atoms with Gasteiger partial charge in [-0.1, -0.05) is 43.2 Å². The molecule has 1 amide bonds. The standard InChI is InChI=1S/C23H34N2O3/c1-18(24-23(27)21-9-5-6-10-21)15-22(26)28-14-12-20-11-13-25(17-20)16-19-7-3-2-4-8-19/h2-4,7-8,18,20-21H,5-6,9-17H2,1H3,(H,24,27)/t18-,20+/m0/s1. The molecule has 1 aromatic carbocycles. The third-order valence-electron chi connectivity index (χ3n) is 6.00. The Morgan fingerprint density at radius 1 is 1.18 bits per heavy atom. The second kappa shape index (κ2) is 10.6. The predicted octanol–water partition coefficient (Wildman–Crippen LogP) is 3.53. The van der Waals surface area contributed by atoms with Crippen molar-refractivity contribution in [2.24, 2.45) is 11.8 Å². The fourth-order valence-corrected chi connectivity index (χ4v) is 4.38. The first-order valence-corrected chi connectivity index (χ1v) is 10.8. The van der Waals surface area contributed by atoms with Gasteiger partial charge in [0.15, 0.2) is 0 Å². The number of amides is 1. The summed E-state index contributed by atoms with van der Waals surface area (Å²) in [6.45, 7) is 5.53. The van der Waals surface area contributed by atoms with Gasteiger partial charge in [-0.15, -0.1) is 0 Å². The van der Waals surface area contributed by atoms with Gasteiger partial charge in [-0.25, -0.2) is 0 Å². The SMILES string of the molecule is C[C@@H](CC(=O)OCC[C@H]1CCN(Cc2ccccc2)C1)NC(=O)C1CCCC1. The van der Waals surface area contributed by atoms with E-state index in [9.17, 15) is 9.59 Å². The molecule has 2 aliphatic rings. The molecule has 154 valence electrons. The Morgan fingerprint density at radius 3 is 2.68 bits per heavy atom. The monoisotopic (exact) mass is 386 g/mol. The van der Waals surface area contributed by atoms with Gasteiger partial charge in [-0.05, 0) is 50.6 Å². The van der Waals surface area contributed by atoms with Crippen molar-refractivity contribution < 1.29 is 14.3 Å². The van der Waals surface area contributed by atoms with Crippen LogP contribution in [0.15, 0.2) is 30.3 Å². The summed E-state index contributed by atoms with van der Waals surface area (Å²) in [5, 5.41) is 2.97. The van der Waals surface area contributed by atoms with E-state index in [-0.39, 0.29) is 30.3 Å². The lowest BCUT2D eigenvalue weighted by molar-refractivity contribution is -0.144. The van der Waals surface area contributed by atoms with Crippen LogP contribution in [0.25, 0.3) is 0 Å². The Hall–Kier alpha value is -1.88. The quantitative estimate of drug-likeness (QED) is 0.660. The molecule has 1 aliphatic carbocycles. The van der Waals surface area contributed by atoms with Gasteiger partial charge < -0.3 is 10.1 Å². The van der Waals surface area contributed by atoms with Crippen molar-refractivity contribution in [2.45, 2.75) is 64.5 Å². The molecule has 0 bridgehead atoms. The highest BCUT2D eigenvalue weighted by molar-refractivity contribution is 5.80. The molecule has 2 fully saturated rings. The third kappa shape index (κ3) is 6.62. The highest BCUT2D eigenvalue weighted by Gasteiger charge is 2.25. The van der Waals surface area contributed by atoms with E-state index in [1.807, 2.05) is 13.0 Å². The van der Waals surface area contributed by atoms with Crippen LogP contribution in [0.2, 0.25) is 0 Å². The van der Waals surface area contributed by atoms with Crippen molar-refractivity contribution in [2.75, 3.05) is 19.7 Å². The zero-order chi connectivity index (χ0) is 19.8. The van der Waals surface area contributed by atoms with Gasteiger partial charge >= 0.3 is 5.97 Å². The molecule has 1 aromatic rings. The van der Waals surface area contributed by atoms with E-state index in [0.717, 1.165) is 58.2 Å². The molecule has 5 nitrogen and oxygen atoms in total. The lowest BCUT2D eigenvalue weighted by Gasteiger charge is -2.17. The number of likely N-dealkylation sites (tertiary alicyclic amines) is 1. The molecular weight excluding hydrogens is 352 g/mol. The summed E-state index contributed by atoms with van der Waals surface area (Å²) in [6.07, 6.45) is 6.57. The molecular formula is C23H34N2O3. The predicted molar refractivity (Wildman–Crippen MR) is 110 cm³/mol. The zero-order valence-electron chi connectivity index (χ0n) is 17.1. The molecule has 0 spiro atoms. The maximum atomic E-state index is 12.1. The minimum absolute atomic E-state index is 0.0993. The Morgan fingerprint density at radius 2 is 1.93 bits per heavy atom. The minimum atomic E-state index is -0.210. The van der Waals surface area contributed by atoms with E-state index >= 15 is 0 Å². The molecule has 0 aromatic heterocycles. The largest absolute Gasteiger partial charge is 0.466 e. The van der Waals surface area contributed by atoms with Crippen LogP contribution < -0.4 is 5.32 Å². The van der Waals surface area contributed by atoms with Gasteiger partial charge in [-0.2, -0.15) is 0 Å². The van der Waals surface area contributed by atoms with Crippen LogP contribution in [-0.2, 0) is 20.9 Å². The first-order valence-electron chi connectivity index (χ1n) is 10.8. The highest BCUT2D eigenvalue weighted by atomic mass is 16.5. The van der Waals surface area contributed by atoms with Crippen LogP contribution in [0.3, 0.4) is 0 Å². The lowest BCUT2D eigenvalue weighted by Crippen LogP contribution is -2.38. The maximum absolute atomic E-state index is 12.1. The first-order chi connectivity index (χ1) is 13.6. The number of hydrogen-bond acceptors (Lipinski definition) is 4. The Labute approximate surface area is 168 Å². The molecule has 1 saturated heterocycles. The number of nitrogens with zero attached hydrogens (tertiary/aromatic N) is 1. The summed E-state index contributed by atoms with van der Waals surface area (Å²) < 4.78 is 5.43. The van der Waals surface area contributed by atoms with Gasteiger partial charge in [0.05, 0.1) is 13.0 Å². The number of hydrogen-bond donors (Lipinski definition) is 1. The average molecular weight is 387 g/mol. The summed E-state index contributed by atoms with van der Waals surface area (Å²) in [5.41, 5.74) is 1.35. The van der Waals surface area contributed by atoms with Crippen molar-refractivity contribution in [3.8, 4) is 0 Å². The Balaban J connectivity index is 1.27. The molecule has 5 heteroatoms. The lowest BCUT2D eigenvalue weighted by atomic mass is 10.1. The Kier molecular flexibility index (Phi) is 7.90. The number of nitrogens with one attached hydrogen (secondary N) is 1. The maximum Gasteiger partial charge on any atom is 0.307 e. The Bertz CT molecular complexity index is 628. The second-order valence-corrected chi connectivity index (χ2v) is 8.48. The molecule has 1 heterocycles. The van der Waals surface area contributed by atoms with E-state index < -0.39 is 0 Å². The first kappa shape index (κ1) is 20.8. The fourth-order valence-electron chi connectivity index (χ4n) is 4.38. The summed E-state index contributed by atoms with van der Waals surface area (Å²) in [4.78, 5) is 26.6. The number of benzene rings is 1. The molecule has 3 rings (SSSR count). The number of rotatable bonds is 9. The fraction of sp³-hybridized carbons (Fsp3) is 0.652. The van der Waals surface area contributed by atoms with E-state index in [4.69, 9.17) is 4.74 Å². The van der Waals surface area contributed by atoms with Gasteiger partial charge in [0.2, 0.25) is 5.91 Å². The molecule has 1 N–H and O–H groups in total. The van der Waals surface area contributed by atoms with Crippen LogP contribution in [0.4, 0.5) is 0 Å². The van der Waals surface area contributed by atoms with E-state index in [2.05, 4.69) is 34.5 Å². The topological polar surface area (TPSA) is 58.6 Å². The van der Waals surface area contributed by atoms with Crippen LogP contribution in [-0.4, -0.2) is 42.5 Å². The van der Waals surface area contributed by atoms with Crippen LogP contribution in [0.5, 0.6) is 0 Å². The van der Waals surface area contributed by atoms with Crippen molar-refractivity contribution in [1.29, 1.82) is 0 Å². The smallest absolute Gasteiger partial charge is 0.307 e. The summed E-state index contributed by atoms with van der Waals surface area (Å²) >= 11 is 0. The summed E-state index contributed by atoms with van der Waals surface area (Å²) in [6, 6.07) is 10.4. The van der Waals surface area contributed by atoms with Crippen molar-refractivity contribution in [3.63, 3.8) is 0 Å². The van der Waals surface area contributed by atoms with Gasteiger partial charge in [-0.3, -0.25) is 14.5 Å². The van der Waals surface area contributed by atoms with Gasteiger partial charge in [0.25, 0.3) is 0 Å². The molecule has 28 heavy (non-hydrogen) atoms. The molecule has 1 aliphatic heterocycles. The highest BCUT2D eigenvalue weighted by Crippen LogP contribution is 2.25.